The first-order chi connectivity index (χ1) is 9.08. The van der Waals surface area contributed by atoms with Gasteiger partial charge in [0.25, 0.3) is 0 Å². The highest BCUT2D eigenvalue weighted by molar-refractivity contribution is 9.10. The molecule has 1 heterocycles. The number of halogens is 2. The van der Waals surface area contributed by atoms with E-state index in [1.807, 2.05) is 31.1 Å². The molecule has 100 valence electrons. The fraction of sp³-hybridized carbons (Fsp3) is 0.214. The van der Waals surface area contributed by atoms with Gasteiger partial charge in [0.15, 0.2) is 5.82 Å². The second-order valence-corrected chi connectivity index (χ2v) is 5.23. The number of anilines is 2. The van der Waals surface area contributed by atoms with E-state index in [9.17, 15) is 4.39 Å². The fourth-order valence-corrected chi connectivity index (χ4v) is 2.16. The molecule has 0 aliphatic carbocycles. The van der Waals surface area contributed by atoms with Crippen LogP contribution in [0, 0.1) is 5.82 Å². The average Bonchev–Trinajstić information content (AvgIpc) is 2.40. The summed E-state index contributed by atoms with van der Waals surface area (Å²) in [6.07, 6.45) is 1.76. The summed E-state index contributed by atoms with van der Waals surface area (Å²) in [4.78, 5) is 6.26. The quantitative estimate of drug-likeness (QED) is 0.930. The van der Waals surface area contributed by atoms with Crippen LogP contribution in [0.2, 0.25) is 0 Å². The standard InChI is InChI=1S/C14H15BrFN3/c1-19(2)14-13(4-3-7-17-14)18-9-10-5-6-12(16)11(15)8-10/h3-8,18H,9H2,1-2H3. The molecule has 1 N–H and O–H groups in total. The van der Waals surface area contributed by atoms with Crippen LogP contribution in [0.15, 0.2) is 41.0 Å². The maximum atomic E-state index is 13.1. The largest absolute Gasteiger partial charge is 0.378 e. The summed E-state index contributed by atoms with van der Waals surface area (Å²) in [6.45, 7) is 0.616. The summed E-state index contributed by atoms with van der Waals surface area (Å²) in [6, 6.07) is 8.85. The van der Waals surface area contributed by atoms with Gasteiger partial charge >= 0.3 is 0 Å². The van der Waals surface area contributed by atoms with Crippen molar-refractivity contribution in [2.75, 3.05) is 24.3 Å². The lowest BCUT2D eigenvalue weighted by Gasteiger charge is -2.17. The molecule has 0 bridgehead atoms. The van der Waals surface area contributed by atoms with Gasteiger partial charge in [-0.2, -0.15) is 0 Å². The Morgan fingerprint density at radius 2 is 2.11 bits per heavy atom. The Hall–Kier alpha value is -1.62. The molecule has 0 saturated heterocycles. The van der Waals surface area contributed by atoms with Gasteiger partial charge in [-0.25, -0.2) is 9.37 Å². The third-order valence-corrected chi connectivity index (χ3v) is 3.28. The minimum Gasteiger partial charge on any atom is -0.378 e. The maximum absolute atomic E-state index is 13.1. The SMILES string of the molecule is CN(C)c1ncccc1NCc1ccc(F)c(Br)c1. The highest BCUT2D eigenvalue weighted by Gasteiger charge is 2.05. The monoisotopic (exact) mass is 323 g/mol. The van der Waals surface area contributed by atoms with Crippen molar-refractivity contribution >= 4 is 27.4 Å². The number of rotatable bonds is 4. The number of hydrogen-bond donors (Lipinski definition) is 1. The molecule has 0 saturated carbocycles. The van der Waals surface area contributed by atoms with E-state index in [-0.39, 0.29) is 5.82 Å². The highest BCUT2D eigenvalue weighted by atomic mass is 79.9. The van der Waals surface area contributed by atoms with Crippen molar-refractivity contribution < 1.29 is 4.39 Å². The Kier molecular flexibility index (Phi) is 4.37. The second kappa shape index (κ2) is 6.02. The molecular formula is C14H15BrFN3. The van der Waals surface area contributed by atoms with Crippen molar-refractivity contribution in [3.8, 4) is 0 Å². The van der Waals surface area contributed by atoms with Gasteiger partial charge in [0.2, 0.25) is 0 Å². The van der Waals surface area contributed by atoms with Crippen LogP contribution in [0.4, 0.5) is 15.9 Å². The van der Waals surface area contributed by atoms with E-state index < -0.39 is 0 Å². The predicted octanol–water partition coefficient (Wildman–Crippen LogP) is 3.66. The van der Waals surface area contributed by atoms with Crippen LogP contribution in [0.25, 0.3) is 0 Å². The van der Waals surface area contributed by atoms with Crippen LogP contribution in [0.5, 0.6) is 0 Å². The number of benzene rings is 1. The Bertz CT molecular complexity index is 572. The zero-order valence-corrected chi connectivity index (χ0v) is 12.4. The number of pyridine rings is 1. The van der Waals surface area contributed by atoms with Crippen LogP contribution in [0.1, 0.15) is 5.56 Å². The molecule has 19 heavy (non-hydrogen) atoms. The van der Waals surface area contributed by atoms with Crippen LogP contribution < -0.4 is 10.2 Å². The summed E-state index contributed by atoms with van der Waals surface area (Å²) in [5.74, 6) is 0.628. The normalized spacial score (nSPS) is 10.3. The van der Waals surface area contributed by atoms with E-state index in [0.717, 1.165) is 17.1 Å². The predicted molar refractivity (Wildman–Crippen MR) is 80.0 cm³/mol. The van der Waals surface area contributed by atoms with Gasteiger partial charge in [-0.05, 0) is 45.8 Å². The molecule has 0 radical (unpaired) electrons. The number of aromatic nitrogens is 1. The molecule has 0 unspecified atom stereocenters. The van der Waals surface area contributed by atoms with Gasteiger partial charge in [-0.3, -0.25) is 0 Å². The highest BCUT2D eigenvalue weighted by Crippen LogP contribution is 2.22. The first-order valence-corrected chi connectivity index (χ1v) is 6.67. The zero-order chi connectivity index (χ0) is 13.8. The van der Waals surface area contributed by atoms with E-state index in [1.54, 1.807) is 18.3 Å². The molecule has 1 aromatic carbocycles. The third kappa shape index (κ3) is 3.44. The van der Waals surface area contributed by atoms with E-state index in [4.69, 9.17) is 0 Å². The summed E-state index contributed by atoms with van der Waals surface area (Å²) in [5, 5.41) is 3.31. The molecular weight excluding hydrogens is 309 g/mol. The lowest BCUT2D eigenvalue weighted by molar-refractivity contribution is 0.620. The molecule has 0 atom stereocenters. The van der Waals surface area contributed by atoms with E-state index in [1.165, 1.54) is 6.07 Å². The van der Waals surface area contributed by atoms with Gasteiger partial charge in [0.05, 0.1) is 10.2 Å². The molecule has 0 fully saturated rings. The van der Waals surface area contributed by atoms with Crippen LogP contribution in [-0.4, -0.2) is 19.1 Å². The smallest absolute Gasteiger partial charge is 0.151 e. The van der Waals surface area contributed by atoms with E-state index in [0.29, 0.717) is 11.0 Å². The Morgan fingerprint density at radius 1 is 1.32 bits per heavy atom. The number of nitrogens with zero attached hydrogens (tertiary/aromatic N) is 2. The van der Waals surface area contributed by atoms with E-state index >= 15 is 0 Å². The molecule has 0 amide bonds. The van der Waals surface area contributed by atoms with Crippen LogP contribution >= 0.6 is 15.9 Å². The fourth-order valence-electron chi connectivity index (χ4n) is 1.74. The maximum Gasteiger partial charge on any atom is 0.151 e. The zero-order valence-electron chi connectivity index (χ0n) is 10.8. The molecule has 3 nitrogen and oxygen atoms in total. The molecule has 0 aliphatic heterocycles. The molecule has 5 heteroatoms. The third-order valence-electron chi connectivity index (χ3n) is 2.68. The molecule has 2 rings (SSSR count). The molecule has 1 aromatic heterocycles. The summed E-state index contributed by atoms with van der Waals surface area (Å²) in [7, 11) is 3.89. The first kappa shape index (κ1) is 13.8. The van der Waals surface area contributed by atoms with Gasteiger partial charge in [0, 0.05) is 26.8 Å². The van der Waals surface area contributed by atoms with E-state index in [2.05, 4.69) is 26.2 Å². The van der Waals surface area contributed by atoms with Crippen molar-refractivity contribution in [2.45, 2.75) is 6.54 Å². The van der Waals surface area contributed by atoms with Crippen molar-refractivity contribution in [2.24, 2.45) is 0 Å². The molecule has 2 aromatic rings. The minimum atomic E-state index is -0.251. The molecule has 0 aliphatic rings. The Labute approximate surface area is 120 Å². The summed E-state index contributed by atoms with van der Waals surface area (Å²) < 4.78 is 13.6. The van der Waals surface area contributed by atoms with Crippen LogP contribution in [-0.2, 0) is 6.54 Å². The topological polar surface area (TPSA) is 28.2 Å². The summed E-state index contributed by atoms with van der Waals surface area (Å²) in [5.41, 5.74) is 1.95. The van der Waals surface area contributed by atoms with Gasteiger partial charge in [0.1, 0.15) is 5.82 Å². The van der Waals surface area contributed by atoms with Gasteiger partial charge < -0.3 is 10.2 Å². The van der Waals surface area contributed by atoms with Crippen molar-refractivity contribution in [1.29, 1.82) is 0 Å². The van der Waals surface area contributed by atoms with Crippen LogP contribution in [0.3, 0.4) is 0 Å². The first-order valence-electron chi connectivity index (χ1n) is 5.88. The number of hydrogen-bond acceptors (Lipinski definition) is 3. The molecule has 0 spiro atoms. The lowest BCUT2D eigenvalue weighted by atomic mass is 10.2. The lowest BCUT2D eigenvalue weighted by Crippen LogP contribution is -2.13. The summed E-state index contributed by atoms with van der Waals surface area (Å²) >= 11 is 3.19. The van der Waals surface area contributed by atoms with Crippen molar-refractivity contribution in [3.05, 3.63) is 52.4 Å². The minimum absolute atomic E-state index is 0.251. The second-order valence-electron chi connectivity index (χ2n) is 4.37. The van der Waals surface area contributed by atoms with Crippen molar-refractivity contribution in [1.82, 2.24) is 4.98 Å². The Balaban J connectivity index is 2.12. The van der Waals surface area contributed by atoms with Gasteiger partial charge in [-0.1, -0.05) is 6.07 Å². The average molecular weight is 324 g/mol. The Morgan fingerprint density at radius 3 is 2.79 bits per heavy atom. The van der Waals surface area contributed by atoms with Crippen molar-refractivity contribution in [3.63, 3.8) is 0 Å². The van der Waals surface area contributed by atoms with Gasteiger partial charge in [-0.15, -0.1) is 0 Å². The number of nitrogens with one attached hydrogen (secondary N) is 1.